The second-order valence-corrected chi connectivity index (χ2v) is 9.49. The summed E-state index contributed by atoms with van der Waals surface area (Å²) in [6, 6.07) is 4.40. The fourth-order valence-electron chi connectivity index (χ4n) is 4.54. The molecular weight excluding hydrogens is 592 g/mol. The van der Waals surface area contributed by atoms with E-state index in [0.29, 0.717) is 12.1 Å². The van der Waals surface area contributed by atoms with Gasteiger partial charge in [0.05, 0.1) is 28.1 Å². The molecule has 1 aliphatic heterocycles. The Kier molecular flexibility index (Phi) is 6.91. The molecule has 4 aromatic rings. The fraction of sp³-hybridized carbons (Fsp3) is 0.160. The Morgan fingerprint density at radius 2 is 1.80 bits per heavy atom. The lowest BCUT2D eigenvalue weighted by Gasteiger charge is -2.19. The summed E-state index contributed by atoms with van der Waals surface area (Å²) in [5, 5.41) is 8.37. The summed E-state index contributed by atoms with van der Waals surface area (Å²) in [5.74, 6) is -4.09. The summed E-state index contributed by atoms with van der Waals surface area (Å²) in [5.41, 5.74) is -2.72. The van der Waals surface area contributed by atoms with E-state index in [9.17, 15) is 40.3 Å². The van der Waals surface area contributed by atoms with E-state index in [1.54, 1.807) is 0 Å². The van der Waals surface area contributed by atoms with E-state index in [1.165, 1.54) is 6.07 Å². The summed E-state index contributed by atoms with van der Waals surface area (Å²) in [6.07, 6.45) is -7.86. The van der Waals surface area contributed by atoms with E-state index in [0.717, 1.165) is 22.9 Å². The van der Waals surface area contributed by atoms with Gasteiger partial charge in [0.25, 0.3) is 18.2 Å². The zero-order chi connectivity index (χ0) is 29.1. The topological polar surface area (TPSA) is 76.0 Å². The molecule has 40 heavy (non-hydrogen) atoms. The van der Waals surface area contributed by atoms with Gasteiger partial charge in [0.15, 0.2) is 5.15 Å². The number of rotatable bonds is 5. The zero-order valence-electron chi connectivity index (χ0n) is 19.5. The predicted molar refractivity (Wildman–Crippen MR) is 131 cm³/mol. The van der Waals surface area contributed by atoms with Crippen molar-refractivity contribution in [2.75, 3.05) is 5.32 Å². The largest absolute Gasteiger partial charge is 0.416 e. The van der Waals surface area contributed by atoms with Crippen LogP contribution in [0.4, 0.5) is 36.4 Å². The number of carbonyl (C=O) groups is 2. The maximum absolute atomic E-state index is 14.1. The van der Waals surface area contributed by atoms with E-state index in [1.807, 2.05) is 0 Å². The second kappa shape index (κ2) is 9.97. The first kappa shape index (κ1) is 27.7. The van der Waals surface area contributed by atoms with Crippen LogP contribution in [0.25, 0.3) is 10.9 Å². The average Bonchev–Trinajstić information content (AvgIpc) is 3.35. The van der Waals surface area contributed by atoms with Gasteiger partial charge in [-0.2, -0.15) is 18.3 Å². The van der Waals surface area contributed by atoms with E-state index in [-0.39, 0.29) is 49.5 Å². The number of amides is 2. The predicted octanol–water partition coefficient (Wildman–Crippen LogP) is 6.99. The lowest BCUT2D eigenvalue weighted by molar-refractivity contribution is -0.137. The van der Waals surface area contributed by atoms with Gasteiger partial charge in [-0.3, -0.25) is 14.3 Å². The van der Waals surface area contributed by atoms with E-state index < -0.39 is 59.8 Å². The Hall–Kier alpha value is -3.84. The molecule has 15 heteroatoms. The van der Waals surface area contributed by atoms with Gasteiger partial charge in [-0.25, -0.2) is 17.6 Å². The van der Waals surface area contributed by atoms with Gasteiger partial charge < -0.3 is 10.6 Å². The van der Waals surface area contributed by atoms with Crippen molar-refractivity contribution in [1.29, 1.82) is 0 Å². The molecule has 1 aromatic heterocycles. The molecule has 1 aliphatic rings. The first-order chi connectivity index (χ1) is 18.7. The zero-order valence-corrected chi connectivity index (χ0v) is 21.0. The quantitative estimate of drug-likeness (QED) is 0.241. The normalized spacial score (nSPS) is 15.1. The van der Waals surface area contributed by atoms with E-state index in [2.05, 4.69) is 15.7 Å². The molecule has 2 amide bonds. The van der Waals surface area contributed by atoms with Crippen molar-refractivity contribution in [2.24, 2.45) is 0 Å². The van der Waals surface area contributed by atoms with Crippen LogP contribution in [0.3, 0.4) is 0 Å². The highest BCUT2D eigenvalue weighted by molar-refractivity contribution is 6.36. The maximum atomic E-state index is 14.1. The third-order valence-corrected chi connectivity index (χ3v) is 6.76. The highest BCUT2D eigenvalue weighted by atomic mass is 35.5. The monoisotopic (exact) mass is 604 g/mol. The van der Waals surface area contributed by atoms with Gasteiger partial charge >= 0.3 is 6.18 Å². The third kappa shape index (κ3) is 4.94. The Bertz CT molecular complexity index is 1710. The Morgan fingerprint density at radius 1 is 1.07 bits per heavy atom. The number of halogens is 9. The molecule has 3 aromatic carbocycles. The molecule has 0 bridgehead atoms. The highest BCUT2D eigenvalue weighted by Gasteiger charge is 2.38. The summed E-state index contributed by atoms with van der Waals surface area (Å²) in [6.45, 7) is -0.949. The Labute approximate surface area is 229 Å². The molecule has 0 saturated heterocycles. The summed E-state index contributed by atoms with van der Waals surface area (Å²) in [4.78, 5) is 26.3. The standard InChI is InChI=1S/C25H13Cl2F7N4O2/c26-14-2-1-11(28)6-13(14)21-18-15(35-23(39)9-3-10(25(32,33)34)5-12(29)4-9)7-16-19(20(18)24(40)36-21)22(27)37-38(16)8-17(30)31/h1-7,17,21H,8H2,(H,35,39)(H,36,40)/t21-/m0/s1. The molecule has 0 saturated carbocycles. The second-order valence-electron chi connectivity index (χ2n) is 8.72. The van der Waals surface area contributed by atoms with Gasteiger partial charge in [0, 0.05) is 27.4 Å². The van der Waals surface area contributed by atoms with Crippen molar-refractivity contribution in [3.63, 3.8) is 0 Å². The number of nitrogens with one attached hydrogen (secondary N) is 2. The minimum atomic E-state index is -4.97. The molecule has 6 nitrogen and oxygen atoms in total. The third-order valence-electron chi connectivity index (χ3n) is 6.15. The number of alkyl halides is 5. The molecule has 0 radical (unpaired) electrons. The molecule has 1 atom stereocenters. The highest BCUT2D eigenvalue weighted by Crippen LogP contribution is 2.44. The van der Waals surface area contributed by atoms with Crippen LogP contribution in [-0.2, 0) is 12.7 Å². The van der Waals surface area contributed by atoms with Crippen LogP contribution >= 0.6 is 23.2 Å². The van der Waals surface area contributed by atoms with E-state index >= 15 is 0 Å². The number of benzene rings is 3. The van der Waals surface area contributed by atoms with Crippen molar-refractivity contribution in [2.45, 2.75) is 25.2 Å². The minimum Gasteiger partial charge on any atom is -0.341 e. The Morgan fingerprint density at radius 3 is 2.48 bits per heavy atom. The van der Waals surface area contributed by atoms with Gasteiger partial charge in [-0.05, 0) is 42.5 Å². The smallest absolute Gasteiger partial charge is 0.341 e. The molecule has 0 aliphatic carbocycles. The number of nitrogens with zero attached hydrogens (tertiary/aromatic N) is 2. The first-order valence-corrected chi connectivity index (χ1v) is 12.0. The van der Waals surface area contributed by atoms with Crippen LogP contribution in [0.5, 0.6) is 0 Å². The van der Waals surface area contributed by atoms with Crippen LogP contribution in [-0.4, -0.2) is 28.0 Å². The molecule has 0 spiro atoms. The van der Waals surface area contributed by atoms with Gasteiger partial charge in [0.2, 0.25) is 0 Å². The maximum Gasteiger partial charge on any atom is 0.416 e. The van der Waals surface area contributed by atoms with Crippen molar-refractivity contribution >= 4 is 51.6 Å². The van der Waals surface area contributed by atoms with Crippen LogP contribution in [0.1, 0.15) is 43.4 Å². The molecular formula is C25H13Cl2F7N4O2. The summed E-state index contributed by atoms with van der Waals surface area (Å²) < 4.78 is 95.1. The van der Waals surface area contributed by atoms with Crippen molar-refractivity contribution in [3.8, 4) is 0 Å². The number of aromatic nitrogens is 2. The summed E-state index contributed by atoms with van der Waals surface area (Å²) in [7, 11) is 0. The van der Waals surface area contributed by atoms with Gasteiger partial charge in [0.1, 0.15) is 18.2 Å². The Balaban J connectivity index is 1.73. The molecule has 2 N–H and O–H groups in total. The first-order valence-electron chi connectivity index (χ1n) is 11.2. The van der Waals surface area contributed by atoms with Crippen LogP contribution < -0.4 is 10.6 Å². The minimum absolute atomic E-state index is 0.0105. The average molecular weight is 605 g/mol. The van der Waals surface area contributed by atoms with Crippen molar-refractivity contribution in [3.05, 3.63) is 92.1 Å². The molecule has 0 unspecified atom stereocenters. The van der Waals surface area contributed by atoms with Crippen LogP contribution in [0.2, 0.25) is 10.2 Å². The number of hydrogen-bond acceptors (Lipinski definition) is 3. The van der Waals surface area contributed by atoms with Gasteiger partial charge in [-0.15, -0.1) is 0 Å². The number of fused-ring (bicyclic) bond motifs is 3. The van der Waals surface area contributed by atoms with Crippen LogP contribution in [0, 0.1) is 11.6 Å². The SMILES string of the molecule is O=C(Nc1cc2c(c(Cl)nn2CC(F)F)c2c1[C@H](c1cc(F)ccc1Cl)NC2=O)c1cc(F)cc(C(F)(F)F)c1. The lowest BCUT2D eigenvalue weighted by atomic mass is 9.94. The number of carbonyl (C=O) groups excluding carboxylic acids is 2. The number of anilines is 1. The fourth-order valence-corrected chi connectivity index (χ4v) is 5.05. The molecule has 208 valence electrons. The molecule has 0 fully saturated rings. The summed E-state index contributed by atoms with van der Waals surface area (Å²) >= 11 is 12.5. The molecule has 5 rings (SSSR count). The van der Waals surface area contributed by atoms with Gasteiger partial charge in [-0.1, -0.05) is 23.2 Å². The lowest BCUT2D eigenvalue weighted by Crippen LogP contribution is -2.21. The number of hydrogen-bond donors (Lipinski definition) is 2. The van der Waals surface area contributed by atoms with Crippen molar-refractivity contribution in [1.82, 2.24) is 15.1 Å². The van der Waals surface area contributed by atoms with Crippen LogP contribution in [0.15, 0.2) is 42.5 Å². The van der Waals surface area contributed by atoms with Crippen molar-refractivity contribution < 1.29 is 40.3 Å². The molecule has 2 heterocycles. The van der Waals surface area contributed by atoms with E-state index in [4.69, 9.17) is 23.2 Å².